The Hall–Kier alpha value is -1.49. The van der Waals surface area contributed by atoms with E-state index in [0.29, 0.717) is 24.3 Å². The molecular formula is C15H19F2N3. The highest BCUT2D eigenvalue weighted by Gasteiger charge is 2.32. The summed E-state index contributed by atoms with van der Waals surface area (Å²) in [6, 6.07) is 2.65. The van der Waals surface area contributed by atoms with E-state index in [1.165, 1.54) is 25.3 Å². The number of fused-ring (bicyclic) bond motifs is 1. The maximum atomic E-state index is 13.7. The van der Waals surface area contributed by atoms with Crippen LogP contribution in [0.3, 0.4) is 0 Å². The van der Waals surface area contributed by atoms with Crippen LogP contribution in [0.4, 0.5) is 8.78 Å². The van der Waals surface area contributed by atoms with E-state index in [4.69, 9.17) is 5.73 Å². The van der Waals surface area contributed by atoms with E-state index in [2.05, 4.69) is 9.97 Å². The zero-order valence-electron chi connectivity index (χ0n) is 11.4. The number of halogens is 2. The number of nitrogens with two attached hydrogens (primary N) is 1. The lowest BCUT2D eigenvalue weighted by atomic mass is 9.72. The molecule has 0 aliphatic heterocycles. The number of nitrogens with zero attached hydrogens (tertiary/aromatic N) is 1. The van der Waals surface area contributed by atoms with Crippen LogP contribution in [0.25, 0.3) is 11.0 Å². The third-order valence-corrected chi connectivity index (χ3v) is 4.48. The second kappa shape index (κ2) is 5.13. The predicted molar refractivity (Wildman–Crippen MR) is 74.3 cm³/mol. The fourth-order valence-corrected chi connectivity index (χ4v) is 3.26. The fraction of sp³-hybridized carbons (Fsp3) is 0.533. The fourth-order valence-electron chi connectivity index (χ4n) is 3.26. The number of aromatic amines is 1. The van der Waals surface area contributed by atoms with Crippen LogP contribution in [0.5, 0.6) is 0 Å². The summed E-state index contributed by atoms with van der Waals surface area (Å²) in [6.45, 7) is 0.612. The van der Waals surface area contributed by atoms with Gasteiger partial charge in [-0.2, -0.15) is 0 Å². The van der Waals surface area contributed by atoms with Crippen molar-refractivity contribution >= 4 is 11.0 Å². The van der Waals surface area contributed by atoms with Crippen molar-refractivity contribution in [1.82, 2.24) is 9.97 Å². The number of benzene rings is 1. The van der Waals surface area contributed by atoms with E-state index < -0.39 is 11.6 Å². The smallest absolute Gasteiger partial charge is 0.186 e. The topological polar surface area (TPSA) is 54.7 Å². The van der Waals surface area contributed by atoms with Gasteiger partial charge in [-0.15, -0.1) is 0 Å². The number of hydrogen-bond donors (Lipinski definition) is 2. The summed E-state index contributed by atoms with van der Waals surface area (Å²) in [5.74, 6) is -1.03. The van der Waals surface area contributed by atoms with Crippen LogP contribution in [0.15, 0.2) is 12.1 Å². The van der Waals surface area contributed by atoms with Crippen molar-refractivity contribution in [3.05, 3.63) is 29.6 Å². The molecule has 3 nitrogen and oxygen atoms in total. The van der Waals surface area contributed by atoms with Crippen molar-refractivity contribution in [2.75, 3.05) is 6.54 Å². The van der Waals surface area contributed by atoms with Gasteiger partial charge in [0.2, 0.25) is 0 Å². The Kier molecular flexibility index (Phi) is 3.46. The van der Waals surface area contributed by atoms with E-state index in [1.807, 2.05) is 0 Å². The van der Waals surface area contributed by atoms with Gasteiger partial charge in [0, 0.05) is 6.42 Å². The molecule has 0 bridgehead atoms. The van der Waals surface area contributed by atoms with Gasteiger partial charge in [-0.05, 0) is 36.9 Å². The molecule has 108 valence electrons. The van der Waals surface area contributed by atoms with Gasteiger partial charge in [0.15, 0.2) is 11.6 Å². The van der Waals surface area contributed by atoms with Crippen molar-refractivity contribution in [3.8, 4) is 0 Å². The second-order valence-corrected chi connectivity index (χ2v) is 5.88. The zero-order chi connectivity index (χ0) is 14.2. The van der Waals surface area contributed by atoms with Gasteiger partial charge in [0.25, 0.3) is 0 Å². The average molecular weight is 279 g/mol. The predicted octanol–water partition coefficient (Wildman–Crippen LogP) is 3.29. The molecule has 20 heavy (non-hydrogen) atoms. The van der Waals surface area contributed by atoms with Crippen molar-refractivity contribution in [3.63, 3.8) is 0 Å². The molecule has 3 N–H and O–H groups in total. The van der Waals surface area contributed by atoms with Gasteiger partial charge in [0.1, 0.15) is 11.3 Å². The molecule has 1 aliphatic carbocycles. The van der Waals surface area contributed by atoms with Crippen LogP contribution in [0.1, 0.15) is 37.9 Å². The molecule has 2 aromatic rings. The summed E-state index contributed by atoms with van der Waals surface area (Å²) in [5, 5.41) is 0. The molecule has 1 fully saturated rings. The van der Waals surface area contributed by atoms with Gasteiger partial charge < -0.3 is 10.7 Å². The Bertz CT molecular complexity index is 615. The lowest BCUT2D eigenvalue weighted by molar-refractivity contribution is 0.194. The quantitative estimate of drug-likeness (QED) is 0.905. The highest BCUT2D eigenvalue weighted by Crippen LogP contribution is 2.38. The molecule has 0 radical (unpaired) electrons. The Balaban J connectivity index is 1.92. The van der Waals surface area contributed by atoms with E-state index in [9.17, 15) is 8.78 Å². The first-order valence-corrected chi connectivity index (χ1v) is 7.16. The van der Waals surface area contributed by atoms with E-state index >= 15 is 0 Å². The molecule has 3 rings (SSSR count). The average Bonchev–Trinajstić information content (AvgIpc) is 2.87. The van der Waals surface area contributed by atoms with E-state index in [1.54, 1.807) is 0 Å². The second-order valence-electron chi connectivity index (χ2n) is 5.88. The first-order chi connectivity index (χ1) is 9.63. The lowest BCUT2D eigenvalue weighted by Gasteiger charge is -2.35. The van der Waals surface area contributed by atoms with Crippen molar-refractivity contribution in [2.24, 2.45) is 11.1 Å². The molecule has 5 heteroatoms. The maximum Gasteiger partial charge on any atom is 0.186 e. The normalized spacial score (nSPS) is 18.6. The SMILES string of the molecule is NCC1(Cc2nc3c(F)c(F)ccc3[nH]2)CCCCC1. The molecule has 0 unspecified atom stereocenters. The van der Waals surface area contributed by atoms with Crippen LogP contribution >= 0.6 is 0 Å². The van der Waals surface area contributed by atoms with Gasteiger partial charge in [-0.3, -0.25) is 0 Å². The van der Waals surface area contributed by atoms with Crippen LogP contribution in [0.2, 0.25) is 0 Å². The van der Waals surface area contributed by atoms with Gasteiger partial charge in [-0.1, -0.05) is 19.3 Å². The Morgan fingerprint density at radius 1 is 1.20 bits per heavy atom. The Morgan fingerprint density at radius 3 is 2.65 bits per heavy atom. The molecule has 1 aromatic heterocycles. The van der Waals surface area contributed by atoms with Crippen LogP contribution in [-0.4, -0.2) is 16.5 Å². The highest BCUT2D eigenvalue weighted by atomic mass is 19.2. The summed E-state index contributed by atoms with van der Waals surface area (Å²) in [5.41, 5.74) is 6.64. The number of imidazole rings is 1. The monoisotopic (exact) mass is 279 g/mol. The minimum absolute atomic E-state index is 0.0567. The van der Waals surface area contributed by atoms with Gasteiger partial charge in [0.05, 0.1) is 5.52 Å². The summed E-state index contributed by atoms with van der Waals surface area (Å²) >= 11 is 0. The number of nitrogens with one attached hydrogen (secondary N) is 1. The Labute approximate surface area is 116 Å². The number of rotatable bonds is 3. The summed E-state index contributed by atoms with van der Waals surface area (Å²) in [7, 11) is 0. The van der Waals surface area contributed by atoms with Gasteiger partial charge >= 0.3 is 0 Å². The van der Waals surface area contributed by atoms with Crippen LogP contribution < -0.4 is 5.73 Å². The third-order valence-electron chi connectivity index (χ3n) is 4.48. The molecule has 1 saturated carbocycles. The Morgan fingerprint density at radius 2 is 1.95 bits per heavy atom. The van der Waals surface area contributed by atoms with E-state index in [-0.39, 0.29) is 10.9 Å². The summed E-state index contributed by atoms with van der Waals surface area (Å²) < 4.78 is 26.9. The third kappa shape index (κ3) is 2.30. The highest BCUT2D eigenvalue weighted by molar-refractivity contribution is 5.75. The number of hydrogen-bond acceptors (Lipinski definition) is 2. The molecular weight excluding hydrogens is 260 g/mol. The lowest BCUT2D eigenvalue weighted by Crippen LogP contribution is -2.35. The minimum atomic E-state index is -0.879. The first-order valence-electron chi connectivity index (χ1n) is 7.16. The number of aromatic nitrogens is 2. The first kappa shape index (κ1) is 13.5. The van der Waals surface area contributed by atoms with Crippen LogP contribution in [0, 0.1) is 17.0 Å². The van der Waals surface area contributed by atoms with E-state index in [0.717, 1.165) is 18.9 Å². The molecule has 0 amide bonds. The minimum Gasteiger partial charge on any atom is -0.342 e. The summed E-state index contributed by atoms with van der Waals surface area (Å²) in [4.78, 5) is 7.33. The molecule has 0 atom stereocenters. The molecule has 1 aliphatic rings. The molecule has 1 aromatic carbocycles. The van der Waals surface area contributed by atoms with Crippen molar-refractivity contribution in [2.45, 2.75) is 38.5 Å². The van der Waals surface area contributed by atoms with Gasteiger partial charge in [-0.25, -0.2) is 13.8 Å². The zero-order valence-corrected chi connectivity index (χ0v) is 11.4. The standard InChI is InChI=1S/C15H19F2N3/c16-10-4-5-11-14(13(10)17)20-12(19-11)8-15(9-18)6-2-1-3-7-15/h4-5H,1-3,6-9,18H2,(H,19,20). The number of H-pyrrole nitrogens is 1. The van der Waals surface area contributed by atoms with Crippen molar-refractivity contribution in [1.29, 1.82) is 0 Å². The maximum absolute atomic E-state index is 13.7. The summed E-state index contributed by atoms with van der Waals surface area (Å²) in [6.07, 6.45) is 6.48. The molecule has 0 saturated heterocycles. The molecule has 0 spiro atoms. The largest absolute Gasteiger partial charge is 0.342 e. The van der Waals surface area contributed by atoms with Crippen molar-refractivity contribution < 1.29 is 8.78 Å². The van der Waals surface area contributed by atoms with Crippen LogP contribution in [-0.2, 0) is 6.42 Å². The molecule has 1 heterocycles.